The van der Waals surface area contributed by atoms with Crippen molar-refractivity contribution in [2.45, 2.75) is 32.2 Å². The minimum Gasteiger partial charge on any atom is -0.503 e. The van der Waals surface area contributed by atoms with E-state index in [1.807, 2.05) is 0 Å². The maximum absolute atomic E-state index is 12.6. The summed E-state index contributed by atoms with van der Waals surface area (Å²) in [6, 6.07) is 4.39. The van der Waals surface area contributed by atoms with Gasteiger partial charge in [0.25, 0.3) is 5.91 Å². The van der Waals surface area contributed by atoms with Gasteiger partial charge in [0.1, 0.15) is 0 Å². The molecule has 1 aromatic rings. The van der Waals surface area contributed by atoms with E-state index in [0.717, 1.165) is 25.9 Å². The lowest BCUT2D eigenvalue weighted by Crippen LogP contribution is -2.40. The van der Waals surface area contributed by atoms with Crippen LogP contribution in [0.1, 0.15) is 37.8 Å². The van der Waals surface area contributed by atoms with E-state index in [0.29, 0.717) is 28.7 Å². The molecule has 0 saturated carbocycles. The van der Waals surface area contributed by atoms with E-state index in [-0.39, 0.29) is 11.4 Å². The number of amides is 1. The Morgan fingerprint density at radius 1 is 1.15 bits per heavy atom. The van der Waals surface area contributed by atoms with Gasteiger partial charge in [-0.05, 0) is 50.6 Å². The second kappa shape index (κ2) is 7.99. The number of aliphatic hydroxyl groups is 1. The molecule has 2 aliphatic heterocycles. The molecule has 5 nitrogen and oxygen atoms in total. The van der Waals surface area contributed by atoms with Crippen LogP contribution in [0.25, 0.3) is 0 Å². The first-order valence-corrected chi connectivity index (χ1v) is 9.58. The number of carbonyl (C=O) groups excluding carboxylic acids is 2. The highest BCUT2D eigenvalue weighted by molar-refractivity contribution is 6.42. The Hall–Kier alpha value is -1.56. The van der Waals surface area contributed by atoms with Crippen LogP contribution in [-0.2, 0) is 9.59 Å². The summed E-state index contributed by atoms with van der Waals surface area (Å²) in [6.07, 6.45) is 3.56. The van der Waals surface area contributed by atoms with Gasteiger partial charge in [0.05, 0.1) is 21.7 Å². The number of benzene rings is 1. The predicted molar refractivity (Wildman–Crippen MR) is 102 cm³/mol. The topological polar surface area (TPSA) is 60.9 Å². The summed E-state index contributed by atoms with van der Waals surface area (Å²) in [7, 11) is 0. The average Bonchev–Trinajstić information content (AvgIpc) is 2.88. The lowest BCUT2D eigenvalue weighted by atomic mass is 9.97. The molecular formula is C19H22Cl2N2O3. The van der Waals surface area contributed by atoms with Crippen molar-refractivity contribution >= 4 is 34.9 Å². The van der Waals surface area contributed by atoms with E-state index < -0.39 is 17.7 Å². The Morgan fingerprint density at radius 3 is 2.46 bits per heavy atom. The fourth-order valence-corrected chi connectivity index (χ4v) is 4.01. The summed E-state index contributed by atoms with van der Waals surface area (Å²) >= 11 is 12.1. The van der Waals surface area contributed by atoms with Crippen molar-refractivity contribution in [1.29, 1.82) is 0 Å². The summed E-state index contributed by atoms with van der Waals surface area (Å²) in [5.74, 6) is -1.30. The van der Waals surface area contributed by atoms with Crippen LogP contribution in [0.15, 0.2) is 29.5 Å². The zero-order valence-electron chi connectivity index (χ0n) is 14.7. The van der Waals surface area contributed by atoms with Crippen LogP contribution in [-0.4, -0.2) is 52.8 Å². The molecule has 140 valence electrons. The first-order chi connectivity index (χ1) is 12.4. The fourth-order valence-electron chi connectivity index (χ4n) is 3.70. The van der Waals surface area contributed by atoms with Crippen molar-refractivity contribution < 1.29 is 14.7 Å². The number of likely N-dealkylation sites (tertiary alicyclic amines) is 1. The van der Waals surface area contributed by atoms with E-state index in [1.54, 1.807) is 23.1 Å². The highest BCUT2D eigenvalue weighted by Crippen LogP contribution is 2.39. The van der Waals surface area contributed by atoms with Crippen LogP contribution in [0.2, 0.25) is 10.0 Å². The number of hydrogen-bond acceptors (Lipinski definition) is 4. The molecule has 1 aromatic carbocycles. The van der Waals surface area contributed by atoms with Crippen molar-refractivity contribution in [2.75, 3.05) is 26.2 Å². The maximum atomic E-state index is 12.6. The Kier molecular flexibility index (Phi) is 5.90. The number of rotatable bonds is 5. The van der Waals surface area contributed by atoms with Crippen LogP contribution in [0.5, 0.6) is 0 Å². The van der Waals surface area contributed by atoms with Crippen molar-refractivity contribution in [2.24, 2.45) is 0 Å². The number of carbonyl (C=O) groups is 2. The van der Waals surface area contributed by atoms with Crippen molar-refractivity contribution in [3.8, 4) is 0 Å². The molecule has 0 aliphatic carbocycles. The van der Waals surface area contributed by atoms with Gasteiger partial charge in [0.2, 0.25) is 0 Å². The number of Topliss-reactive ketones (excluding diaryl/α,β-unsaturated/α-hetero) is 1. The Bertz CT molecular complexity index is 757. The van der Waals surface area contributed by atoms with E-state index in [9.17, 15) is 14.7 Å². The molecule has 1 unspecified atom stereocenters. The van der Waals surface area contributed by atoms with Gasteiger partial charge in [-0.3, -0.25) is 9.59 Å². The SMILES string of the molecule is CC(=O)C1=C(O)C(=O)N(CCN2CCCCC2)C1c1ccc(Cl)c(Cl)c1. The van der Waals surface area contributed by atoms with Crippen molar-refractivity contribution in [3.63, 3.8) is 0 Å². The van der Waals surface area contributed by atoms with Gasteiger partial charge in [-0.2, -0.15) is 0 Å². The third-order valence-electron chi connectivity index (χ3n) is 5.05. The van der Waals surface area contributed by atoms with Gasteiger partial charge in [-0.25, -0.2) is 0 Å². The summed E-state index contributed by atoms with van der Waals surface area (Å²) in [4.78, 5) is 28.6. The van der Waals surface area contributed by atoms with E-state index in [1.165, 1.54) is 13.3 Å². The molecule has 7 heteroatoms. The van der Waals surface area contributed by atoms with Crippen LogP contribution < -0.4 is 0 Å². The molecule has 0 aromatic heterocycles. The first-order valence-electron chi connectivity index (χ1n) is 8.82. The quantitative estimate of drug-likeness (QED) is 0.822. The molecule has 1 atom stereocenters. The van der Waals surface area contributed by atoms with Crippen molar-refractivity contribution in [1.82, 2.24) is 9.80 Å². The molecule has 2 aliphatic rings. The molecule has 0 radical (unpaired) electrons. The predicted octanol–water partition coefficient (Wildman–Crippen LogP) is 3.76. The zero-order valence-corrected chi connectivity index (χ0v) is 16.2. The van der Waals surface area contributed by atoms with Crippen LogP contribution in [0.4, 0.5) is 0 Å². The van der Waals surface area contributed by atoms with Gasteiger partial charge < -0.3 is 14.9 Å². The molecule has 3 rings (SSSR count). The third kappa shape index (κ3) is 3.75. The average molecular weight is 397 g/mol. The first kappa shape index (κ1) is 19.2. The lowest BCUT2D eigenvalue weighted by Gasteiger charge is -2.31. The molecule has 1 N–H and O–H groups in total. The zero-order chi connectivity index (χ0) is 18.8. The highest BCUT2D eigenvalue weighted by Gasteiger charge is 2.42. The van der Waals surface area contributed by atoms with E-state index in [2.05, 4.69) is 4.90 Å². The second-order valence-corrected chi connectivity index (χ2v) is 7.61. The minimum absolute atomic E-state index is 0.118. The van der Waals surface area contributed by atoms with Gasteiger partial charge in [-0.15, -0.1) is 0 Å². The molecule has 2 heterocycles. The summed E-state index contributed by atoms with van der Waals surface area (Å²) < 4.78 is 0. The summed E-state index contributed by atoms with van der Waals surface area (Å²) in [5, 5.41) is 11.0. The molecule has 0 bridgehead atoms. The van der Waals surface area contributed by atoms with E-state index in [4.69, 9.17) is 23.2 Å². The third-order valence-corrected chi connectivity index (χ3v) is 5.79. The smallest absolute Gasteiger partial charge is 0.290 e. The van der Waals surface area contributed by atoms with Gasteiger partial charge in [-0.1, -0.05) is 35.7 Å². The van der Waals surface area contributed by atoms with Crippen LogP contribution in [0, 0.1) is 0 Å². The molecular weight excluding hydrogens is 375 g/mol. The number of ketones is 1. The monoisotopic (exact) mass is 396 g/mol. The Labute approximate surface area is 163 Å². The standard InChI is InChI=1S/C19H22Cl2N2O3/c1-12(24)16-17(13-5-6-14(20)15(21)11-13)23(19(26)18(16)25)10-9-22-7-3-2-4-8-22/h5-6,11,17,25H,2-4,7-10H2,1H3. The Balaban J connectivity index is 1.89. The Morgan fingerprint density at radius 2 is 1.85 bits per heavy atom. The van der Waals surface area contributed by atoms with Crippen LogP contribution >= 0.6 is 23.2 Å². The number of aliphatic hydroxyl groups excluding tert-OH is 1. The lowest BCUT2D eigenvalue weighted by molar-refractivity contribution is -0.129. The maximum Gasteiger partial charge on any atom is 0.290 e. The number of halogens is 2. The molecule has 1 amide bonds. The van der Waals surface area contributed by atoms with Gasteiger partial charge >= 0.3 is 0 Å². The normalized spacial score (nSPS) is 21.6. The fraction of sp³-hybridized carbons (Fsp3) is 0.474. The highest BCUT2D eigenvalue weighted by atomic mass is 35.5. The second-order valence-electron chi connectivity index (χ2n) is 6.80. The number of hydrogen-bond donors (Lipinski definition) is 1. The van der Waals surface area contributed by atoms with Crippen LogP contribution in [0.3, 0.4) is 0 Å². The summed E-state index contributed by atoms with van der Waals surface area (Å²) in [6.45, 7) is 4.53. The largest absolute Gasteiger partial charge is 0.503 e. The number of piperidine rings is 1. The van der Waals surface area contributed by atoms with Crippen molar-refractivity contribution in [3.05, 3.63) is 45.1 Å². The summed E-state index contributed by atoms with van der Waals surface area (Å²) in [5.41, 5.74) is 0.785. The number of nitrogens with zero attached hydrogens (tertiary/aromatic N) is 2. The molecule has 26 heavy (non-hydrogen) atoms. The minimum atomic E-state index is -0.639. The van der Waals surface area contributed by atoms with E-state index >= 15 is 0 Å². The molecule has 1 fully saturated rings. The van der Waals surface area contributed by atoms with Gasteiger partial charge in [0.15, 0.2) is 11.5 Å². The van der Waals surface area contributed by atoms with Gasteiger partial charge in [0, 0.05) is 13.1 Å². The molecule has 1 saturated heterocycles. The molecule has 0 spiro atoms.